The Kier molecular flexibility index (Phi) is 3.55. The molecule has 0 aliphatic heterocycles. The van der Waals surface area contributed by atoms with Crippen molar-refractivity contribution >= 4 is 11.7 Å². The molecule has 0 spiro atoms. The van der Waals surface area contributed by atoms with Crippen LogP contribution >= 0.6 is 0 Å². The highest BCUT2D eigenvalue weighted by Gasteiger charge is 2.09. The molecule has 0 bridgehead atoms. The highest BCUT2D eigenvalue weighted by Crippen LogP contribution is 2.25. The summed E-state index contributed by atoms with van der Waals surface area (Å²) in [7, 11) is 2.94. The number of anilines is 1. The molecular formula is C11H15NO3. The van der Waals surface area contributed by atoms with Gasteiger partial charge in [-0.05, 0) is 24.1 Å². The number of rotatable bonds is 3. The van der Waals surface area contributed by atoms with Gasteiger partial charge in [-0.25, -0.2) is 0 Å². The van der Waals surface area contributed by atoms with Crippen molar-refractivity contribution in [3.8, 4) is 5.75 Å². The fraction of sp³-hybridized carbons (Fsp3) is 0.364. The number of benzene rings is 1. The van der Waals surface area contributed by atoms with Crippen LogP contribution in [-0.4, -0.2) is 20.2 Å². The summed E-state index contributed by atoms with van der Waals surface area (Å²) in [6.07, 6.45) is 0.188. The third kappa shape index (κ3) is 2.62. The van der Waals surface area contributed by atoms with Gasteiger partial charge in [0.25, 0.3) is 0 Å². The monoisotopic (exact) mass is 209 g/mol. The van der Waals surface area contributed by atoms with Crippen LogP contribution in [0.15, 0.2) is 12.1 Å². The molecule has 0 aliphatic rings. The van der Waals surface area contributed by atoms with E-state index in [2.05, 4.69) is 4.74 Å². The quantitative estimate of drug-likeness (QED) is 0.602. The normalized spacial score (nSPS) is 9.80. The minimum Gasteiger partial charge on any atom is -0.496 e. The lowest BCUT2D eigenvalue weighted by Crippen LogP contribution is -2.07. The van der Waals surface area contributed by atoms with Crippen LogP contribution in [0.4, 0.5) is 5.69 Å². The van der Waals surface area contributed by atoms with E-state index in [9.17, 15) is 4.79 Å². The largest absolute Gasteiger partial charge is 0.496 e. The van der Waals surface area contributed by atoms with Crippen molar-refractivity contribution in [2.45, 2.75) is 13.3 Å². The Morgan fingerprint density at radius 2 is 2.07 bits per heavy atom. The number of nitrogens with two attached hydrogens (primary N) is 1. The van der Waals surface area contributed by atoms with Gasteiger partial charge >= 0.3 is 5.97 Å². The minimum absolute atomic E-state index is 0.188. The zero-order valence-electron chi connectivity index (χ0n) is 9.16. The molecule has 0 amide bonds. The number of hydrogen-bond acceptors (Lipinski definition) is 4. The Morgan fingerprint density at radius 3 is 2.60 bits per heavy atom. The third-order valence-corrected chi connectivity index (χ3v) is 2.22. The number of methoxy groups -OCH3 is 2. The van der Waals surface area contributed by atoms with Crippen LogP contribution in [0.25, 0.3) is 0 Å². The Balaban J connectivity index is 3.00. The minimum atomic E-state index is -0.300. The summed E-state index contributed by atoms with van der Waals surface area (Å²) in [5, 5.41) is 0. The van der Waals surface area contributed by atoms with Gasteiger partial charge in [-0.2, -0.15) is 0 Å². The van der Waals surface area contributed by atoms with Crippen LogP contribution in [0, 0.1) is 6.92 Å². The standard InChI is InChI=1S/C11H15NO3/c1-7-4-8(5-11(13)15-3)9(12)6-10(7)14-2/h4,6H,5,12H2,1-3H3. The molecule has 1 rings (SSSR count). The molecule has 0 atom stereocenters. The SMILES string of the molecule is COC(=O)Cc1cc(C)c(OC)cc1N. The van der Waals surface area contributed by atoms with Gasteiger partial charge in [-0.1, -0.05) is 0 Å². The van der Waals surface area contributed by atoms with Gasteiger partial charge in [0.05, 0.1) is 20.6 Å². The summed E-state index contributed by atoms with van der Waals surface area (Å²) < 4.78 is 9.70. The smallest absolute Gasteiger partial charge is 0.310 e. The van der Waals surface area contributed by atoms with Crippen LogP contribution in [0.2, 0.25) is 0 Å². The summed E-state index contributed by atoms with van der Waals surface area (Å²) in [6, 6.07) is 3.55. The molecule has 1 aromatic carbocycles. The van der Waals surface area contributed by atoms with Crippen molar-refractivity contribution < 1.29 is 14.3 Å². The Bertz CT molecular complexity index is 374. The van der Waals surface area contributed by atoms with E-state index >= 15 is 0 Å². The summed E-state index contributed by atoms with van der Waals surface area (Å²) in [4.78, 5) is 11.1. The van der Waals surface area contributed by atoms with Gasteiger partial charge < -0.3 is 15.2 Å². The maximum absolute atomic E-state index is 11.1. The van der Waals surface area contributed by atoms with Crippen molar-refractivity contribution in [2.75, 3.05) is 20.0 Å². The first kappa shape index (κ1) is 11.4. The average molecular weight is 209 g/mol. The molecule has 15 heavy (non-hydrogen) atoms. The maximum Gasteiger partial charge on any atom is 0.310 e. The molecule has 0 unspecified atom stereocenters. The number of aryl methyl sites for hydroxylation is 1. The predicted octanol–water partition coefficient (Wildman–Crippen LogP) is 1.30. The average Bonchev–Trinajstić information content (AvgIpc) is 2.22. The summed E-state index contributed by atoms with van der Waals surface area (Å²) in [5.41, 5.74) is 8.04. The zero-order chi connectivity index (χ0) is 11.4. The van der Waals surface area contributed by atoms with E-state index < -0.39 is 0 Å². The molecule has 0 aromatic heterocycles. The number of carbonyl (C=O) groups excluding carboxylic acids is 1. The summed E-state index contributed by atoms with van der Waals surface area (Å²) in [5.74, 6) is 0.424. The van der Waals surface area contributed by atoms with Gasteiger partial charge in [0, 0.05) is 11.8 Å². The Morgan fingerprint density at radius 1 is 1.40 bits per heavy atom. The molecule has 0 radical (unpaired) electrons. The van der Waals surface area contributed by atoms with E-state index in [1.807, 2.05) is 13.0 Å². The first-order chi connectivity index (χ1) is 7.08. The van der Waals surface area contributed by atoms with Gasteiger partial charge in [0.15, 0.2) is 0 Å². The molecule has 82 valence electrons. The van der Waals surface area contributed by atoms with Crippen molar-refractivity contribution in [3.63, 3.8) is 0 Å². The second-order valence-electron chi connectivity index (χ2n) is 3.27. The Labute approximate surface area is 89.0 Å². The lowest BCUT2D eigenvalue weighted by molar-refractivity contribution is -0.139. The highest BCUT2D eigenvalue weighted by atomic mass is 16.5. The number of hydrogen-bond donors (Lipinski definition) is 1. The number of nitrogen functional groups attached to an aromatic ring is 1. The topological polar surface area (TPSA) is 61.5 Å². The molecule has 4 heteroatoms. The lowest BCUT2D eigenvalue weighted by Gasteiger charge is -2.10. The van der Waals surface area contributed by atoms with E-state index in [-0.39, 0.29) is 12.4 Å². The summed E-state index contributed by atoms with van der Waals surface area (Å²) in [6.45, 7) is 1.90. The Hall–Kier alpha value is -1.71. The zero-order valence-corrected chi connectivity index (χ0v) is 9.16. The van der Waals surface area contributed by atoms with Gasteiger partial charge in [-0.15, -0.1) is 0 Å². The number of ether oxygens (including phenoxy) is 2. The lowest BCUT2D eigenvalue weighted by atomic mass is 10.1. The van der Waals surface area contributed by atoms with E-state index in [4.69, 9.17) is 10.5 Å². The molecule has 0 saturated heterocycles. The van der Waals surface area contributed by atoms with E-state index in [0.29, 0.717) is 5.69 Å². The van der Waals surface area contributed by atoms with Gasteiger partial charge in [0.1, 0.15) is 5.75 Å². The van der Waals surface area contributed by atoms with Crippen LogP contribution in [0.3, 0.4) is 0 Å². The molecule has 4 nitrogen and oxygen atoms in total. The third-order valence-electron chi connectivity index (χ3n) is 2.22. The summed E-state index contributed by atoms with van der Waals surface area (Å²) >= 11 is 0. The first-order valence-electron chi connectivity index (χ1n) is 4.58. The van der Waals surface area contributed by atoms with Crippen molar-refractivity contribution in [3.05, 3.63) is 23.3 Å². The second kappa shape index (κ2) is 4.68. The van der Waals surface area contributed by atoms with Crippen LogP contribution < -0.4 is 10.5 Å². The molecule has 0 fully saturated rings. The van der Waals surface area contributed by atoms with E-state index in [0.717, 1.165) is 16.9 Å². The van der Waals surface area contributed by atoms with Crippen molar-refractivity contribution in [1.82, 2.24) is 0 Å². The highest BCUT2D eigenvalue weighted by molar-refractivity contribution is 5.75. The predicted molar refractivity (Wildman–Crippen MR) is 57.9 cm³/mol. The second-order valence-corrected chi connectivity index (χ2v) is 3.27. The molecular weight excluding hydrogens is 194 g/mol. The molecule has 0 saturated carbocycles. The van der Waals surface area contributed by atoms with Crippen LogP contribution in [-0.2, 0) is 16.0 Å². The molecule has 0 heterocycles. The number of carbonyl (C=O) groups is 1. The van der Waals surface area contributed by atoms with Gasteiger partial charge in [0.2, 0.25) is 0 Å². The molecule has 0 aliphatic carbocycles. The van der Waals surface area contributed by atoms with E-state index in [1.54, 1.807) is 13.2 Å². The van der Waals surface area contributed by atoms with Crippen LogP contribution in [0.1, 0.15) is 11.1 Å². The molecule has 1 aromatic rings. The maximum atomic E-state index is 11.1. The fourth-order valence-corrected chi connectivity index (χ4v) is 1.36. The van der Waals surface area contributed by atoms with E-state index in [1.165, 1.54) is 7.11 Å². The number of esters is 1. The molecule has 2 N–H and O–H groups in total. The first-order valence-corrected chi connectivity index (χ1v) is 4.58. The van der Waals surface area contributed by atoms with Gasteiger partial charge in [-0.3, -0.25) is 4.79 Å². The van der Waals surface area contributed by atoms with Crippen molar-refractivity contribution in [2.24, 2.45) is 0 Å². The van der Waals surface area contributed by atoms with Crippen LogP contribution in [0.5, 0.6) is 5.75 Å². The van der Waals surface area contributed by atoms with Crippen molar-refractivity contribution in [1.29, 1.82) is 0 Å². The fourth-order valence-electron chi connectivity index (χ4n) is 1.36.